The van der Waals surface area contributed by atoms with Gasteiger partial charge in [-0.3, -0.25) is 9.59 Å². The minimum Gasteiger partial charge on any atom is -0.364 e. The van der Waals surface area contributed by atoms with Crippen LogP contribution in [0.25, 0.3) is 0 Å². The van der Waals surface area contributed by atoms with E-state index in [0.717, 1.165) is 11.4 Å². The van der Waals surface area contributed by atoms with Crippen molar-refractivity contribution in [3.05, 3.63) is 64.1 Å². The van der Waals surface area contributed by atoms with Gasteiger partial charge in [0.1, 0.15) is 5.56 Å². The van der Waals surface area contributed by atoms with E-state index < -0.39 is 0 Å². The van der Waals surface area contributed by atoms with E-state index in [1.54, 1.807) is 14.0 Å². The van der Waals surface area contributed by atoms with Gasteiger partial charge in [-0.2, -0.15) is 0 Å². The third-order valence-corrected chi connectivity index (χ3v) is 2.74. The maximum Gasteiger partial charge on any atom is 0.263 e. The molecule has 1 aromatic carbocycles. The zero-order chi connectivity index (χ0) is 13.1. The fourth-order valence-electron chi connectivity index (χ4n) is 1.69. The van der Waals surface area contributed by atoms with Crippen molar-refractivity contribution in [3.8, 4) is 0 Å². The third-order valence-electron chi connectivity index (χ3n) is 2.74. The van der Waals surface area contributed by atoms with Crippen LogP contribution in [0.2, 0.25) is 0 Å². The first-order valence-electron chi connectivity index (χ1n) is 5.62. The summed E-state index contributed by atoms with van der Waals surface area (Å²) >= 11 is 0. The van der Waals surface area contributed by atoms with E-state index in [1.807, 2.05) is 30.3 Å². The Morgan fingerprint density at radius 2 is 1.89 bits per heavy atom. The van der Waals surface area contributed by atoms with Crippen LogP contribution in [0.15, 0.2) is 47.4 Å². The molecule has 0 atom stereocenters. The maximum absolute atomic E-state index is 12.2. The summed E-state index contributed by atoms with van der Waals surface area (Å²) in [6.45, 7) is 1.77. The molecule has 0 aliphatic carbocycles. The lowest BCUT2D eigenvalue weighted by Crippen LogP contribution is -2.30. The molecule has 0 fully saturated rings. The number of aromatic nitrogens is 1. The first-order valence-corrected chi connectivity index (χ1v) is 5.62. The van der Waals surface area contributed by atoms with Gasteiger partial charge in [-0.15, -0.1) is 0 Å². The van der Waals surface area contributed by atoms with Crippen molar-refractivity contribution in [2.75, 3.05) is 11.9 Å². The standard InChI is InChI=1S/C14H14N2O2/c1-10-8-13(17)12(9-15-10)14(18)16(2)11-6-4-3-5-7-11/h3-9H,1-2H3,(H,15,17). The van der Waals surface area contributed by atoms with Crippen LogP contribution in [0.5, 0.6) is 0 Å². The Morgan fingerprint density at radius 1 is 1.22 bits per heavy atom. The highest BCUT2D eigenvalue weighted by molar-refractivity contribution is 6.05. The van der Waals surface area contributed by atoms with Crippen LogP contribution in [0.1, 0.15) is 16.1 Å². The van der Waals surface area contributed by atoms with Crippen molar-refractivity contribution >= 4 is 11.6 Å². The molecule has 2 aromatic rings. The SMILES string of the molecule is Cc1cc(=O)c(C(=O)N(C)c2ccccc2)c[nH]1. The number of amides is 1. The molecule has 1 N–H and O–H groups in total. The zero-order valence-electron chi connectivity index (χ0n) is 10.3. The molecule has 18 heavy (non-hydrogen) atoms. The van der Waals surface area contributed by atoms with E-state index in [4.69, 9.17) is 0 Å². The normalized spacial score (nSPS) is 10.1. The van der Waals surface area contributed by atoms with Gasteiger partial charge in [-0.25, -0.2) is 0 Å². The second-order valence-electron chi connectivity index (χ2n) is 4.09. The van der Waals surface area contributed by atoms with Crippen molar-refractivity contribution in [2.45, 2.75) is 6.92 Å². The Morgan fingerprint density at radius 3 is 2.50 bits per heavy atom. The molecule has 0 saturated carbocycles. The molecule has 1 aromatic heterocycles. The van der Waals surface area contributed by atoms with Crippen LogP contribution < -0.4 is 10.3 Å². The van der Waals surface area contributed by atoms with Gasteiger partial charge in [0.25, 0.3) is 5.91 Å². The molecule has 0 bridgehead atoms. The van der Waals surface area contributed by atoms with Gasteiger partial charge >= 0.3 is 0 Å². The number of nitrogens with one attached hydrogen (secondary N) is 1. The highest BCUT2D eigenvalue weighted by Crippen LogP contribution is 2.13. The average Bonchev–Trinajstić information content (AvgIpc) is 2.38. The molecule has 2 rings (SSSR count). The molecule has 0 aliphatic rings. The highest BCUT2D eigenvalue weighted by Gasteiger charge is 2.16. The summed E-state index contributed by atoms with van der Waals surface area (Å²) in [5, 5.41) is 0. The van der Waals surface area contributed by atoms with Crippen LogP contribution in [0.3, 0.4) is 0 Å². The molecule has 1 amide bonds. The van der Waals surface area contributed by atoms with E-state index >= 15 is 0 Å². The number of aromatic amines is 1. The van der Waals surface area contributed by atoms with E-state index in [9.17, 15) is 9.59 Å². The average molecular weight is 242 g/mol. The molecule has 92 valence electrons. The Bertz CT molecular complexity index is 617. The van der Waals surface area contributed by atoms with Crippen LogP contribution in [0.4, 0.5) is 5.69 Å². The van der Waals surface area contributed by atoms with Gasteiger partial charge < -0.3 is 9.88 Å². The van der Waals surface area contributed by atoms with E-state index in [-0.39, 0.29) is 16.9 Å². The molecule has 0 saturated heterocycles. The quantitative estimate of drug-likeness (QED) is 0.875. The van der Waals surface area contributed by atoms with Gasteiger partial charge in [0.2, 0.25) is 0 Å². The zero-order valence-corrected chi connectivity index (χ0v) is 10.3. The molecule has 1 heterocycles. The number of carbonyl (C=O) groups is 1. The summed E-state index contributed by atoms with van der Waals surface area (Å²) < 4.78 is 0. The summed E-state index contributed by atoms with van der Waals surface area (Å²) in [6, 6.07) is 10.6. The van der Waals surface area contributed by atoms with Crippen molar-refractivity contribution < 1.29 is 4.79 Å². The van der Waals surface area contributed by atoms with Crippen LogP contribution in [-0.2, 0) is 0 Å². The molecular weight excluding hydrogens is 228 g/mol. The fourth-order valence-corrected chi connectivity index (χ4v) is 1.69. The maximum atomic E-state index is 12.2. The number of carbonyl (C=O) groups excluding carboxylic acids is 1. The second-order valence-corrected chi connectivity index (χ2v) is 4.09. The number of hydrogen-bond donors (Lipinski definition) is 1. The Kier molecular flexibility index (Phi) is 3.28. The van der Waals surface area contributed by atoms with Crippen LogP contribution in [0, 0.1) is 6.92 Å². The minimum absolute atomic E-state index is 0.145. The second kappa shape index (κ2) is 4.87. The number of pyridine rings is 1. The van der Waals surface area contributed by atoms with Crippen molar-refractivity contribution in [1.82, 2.24) is 4.98 Å². The van der Waals surface area contributed by atoms with Gasteiger partial charge in [-0.1, -0.05) is 18.2 Å². The Hall–Kier alpha value is -2.36. The number of aryl methyl sites for hydroxylation is 1. The summed E-state index contributed by atoms with van der Waals surface area (Å²) in [4.78, 5) is 28.3. The van der Waals surface area contributed by atoms with E-state index in [1.165, 1.54) is 17.2 Å². The number of hydrogen-bond acceptors (Lipinski definition) is 2. The molecular formula is C14H14N2O2. The smallest absolute Gasteiger partial charge is 0.263 e. The fraction of sp³-hybridized carbons (Fsp3) is 0.143. The predicted molar refractivity (Wildman–Crippen MR) is 71.0 cm³/mol. The number of nitrogens with zero attached hydrogens (tertiary/aromatic N) is 1. The molecule has 4 nitrogen and oxygen atoms in total. The molecule has 0 radical (unpaired) electrons. The summed E-state index contributed by atoms with van der Waals surface area (Å²) in [5.41, 5.74) is 1.37. The summed E-state index contributed by atoms with van der Waals surface area (Å²) in [6.07, 6.45) is 1.46. The topological polar surface area (TPSA) is 53.2 Å². The van der Waals surface area contributed by atoms with Gasteiger partial charge in [-0.05, 0) is 19.1 Å². The highest BCUT2D eigenvalue weighted by atomic mass is 16.2. The number of para-hydroxylation sites is 1. The van der Waals surface area contributed by atoms with Crippen molar-refractivity contribution in [3.63, 3.8) is 0 Å². The number of rotatable bonds is 2. The monoisotopic (exact) mass is 242 g/mol. The molecule has 4 heteroatoms. The minimum atomic E-state index is -0.317. The summed E-state index contributed by atoms with van der Waals surface area (Å²) in [5.74, 6) is -0.317. The first kappa shape index (κ1) is 12.1. The van der Waals surface area contributed by atoms with Gasteiger partial charge in [0.15, 0.2) is 5.43 Å². The van der Waals surface area contributed by atoms with E-state index in [0.29, 0.717) is 0 Å². The lowest BCUT2D eigenvalue weighted by Gasteiger charge is -2.16. The van der Waals surface area contributed by atoms with Crippen LogP contribution in [-0.4, -0.2) is 17.9 Å². The van der Waals surface area contributed by atoms with E-state index in [2.05, 4.69) is 4.98 Å². The molecule has 0 spiro atoms. The molecule has 0 aliphatic heterocycles. The lowest BCUT2D eigenvalue weighted by molar-refractivity contribution is 0.0991. The van der Waals surface area contributed by atoms with Gasteiger partial charge in [0.05, 0.1) is 0 Å². The van der Waals surface area contributed by atoms with Crippen molar-refractivity contribution in [1.29, 1.82) is 0 Å². The van der Waals surface area contributed by atoms with Gasteiger partial charge in [0, 0.05) is 30.7 Å². The Balaban J connectivity index is 2.35. The number of benzene rings is 1. The number of H-pyrrole nitrogens is 1. The number of anilines is 1. The van der Waals surface area contributed by atoms with Crippen LogP contribution >= 0.6 is 0 Å². The third kappa shape index (κ3) is 2.32. The lowest BCUT2D eigenvalue weighted by atomic mass is 10.2. The largest absolute Gasteiger partial charge is 0.364 e. The first-order chi connectivity index (χ1) is 8.59. The Labute approximate surface area is 105 Å². The van der Waals surface area contributed by atoms with Crippen molar-refractivity contribution in [2.24, 2.45) is 0 Å². The predicted octanol–water partition coefficient (Wildman–Crippen LogP) is 1.96. The summed E-state index contributed by atoms with van der Waals surface area (Å²) in [7, 11) is 1.65. The molecule has 0 unspecified atom stereocenters.